The molecular formula is C22H25N3O4. The number of likely N-dealkylation sites (tertiary alicyclic amines) is 1. The third-order valence-corrected chi connectivity index (χ3v) is 4.84. The van der Waals surface area contributed by atoms with E-state index in [9.17, 15) is 14.4 Å². The highest BCUT2D eigenvalue weighted by molar-refractivity contribution is 5.95. The molecule has 2 heterocycles. The van der Waals surface area contributed by atoms with E-state index in [-0.39, 0.29) is 23.8 Å². The van der Waals surface area contributed by atoms with Gasteiger partial charge in [-0.1, -0.05) is 30.3 Å². The van der Waals surface area contributed by atoms with E-state index in [2.05, 4.69) is 10.6 Å². The third kappa shape index (κ3) is 5.81. The highest BCUT2D eigenvalue weighted by Crippen LogP contribution is 2.14. The van der Waals surface area contributed by atoms with Crippen molar-refractivity contribution in [3.8, 4) is 0 Å². The Morgan fingerprint density at radius 3 is 2.48 bits per heavy atom. The molecule has 1 aromatic heterocycles. The fourth-order valence-electron chi connectivity index (χ4n) is 3.17. The number of carbonyl (C=O) groups excluding carboxylic acids is 3. The van der Waals surface area contributed by atoms with Crippen LogP contribution in [0.5, 0.6) is 0 Å². The van der Waals surface area contributed by atoms with E-state index in [1.54, 1.807) is 30.0 Å². The summed E-state index contributed by atoms with van der Waals surface area (Å²) in [4.78, 5) is 38.4. The molecule has 152 valence electrons. The molecule has 3 rings (SSSR count). The van der Waals surface area contributed by atoms with E-state index in [0.29, 0.717) is 31.7 Å². The van der Waals surface area contributed by atoms with Gasteiger partial charge in [-0.25, -0.2) is 0 Å². The summed E-state index contributed by atoms with van der Waals surface area (Å²) in [5, 5.41) is 5.62. The minimum absolute atomic E-state index is 0.0256. The van der Waals surface area contributed by atoms with Gasteiger partial charge in [0.05, 0.1) is 6.26 Å². The number of carbonyl (C=O) groups is 3. The summed E-state index contributed by atoms with van der Waals surface area (Å²) in [6.07, 6.45) is 5.91. The third-order valence-electron chi connectivity index (χ3n) is 4.84. The van der Waals surface area contributed by atoms with Crippen LogP contribution in [-0.4, -0.2) is 47.8 Å². The van der Waals surface area contributed by atoms with Crippen LogP contribution in [-0.2, 0) is 9.59 Å². The summed E-state index contributed by atoms with van der Waals surface area (Å²) in [6.45, 7) is 2.75. The van der Waals surface area contributed by atoms with Gasteiger partial charge in [0.25, 0.3) is 5.91 Å². The smallest absolute Gasteiger partial charge is 0.289 e. The maximum atomic E-state index is 12.4. The van der Waals surface area contributed by atoms with Crippen molar-refractivity contribution >= 4 is 23.8 Å². The molecular weight excluding hydrogens is 370 g/mol. The summed E-state index contributed by atoms with van der Waals surface area (Å²) >= 11 is 0. The molecule has 0 radical (unpaired) electrons. The van der Waals surface area contributed by atoms with Gasteiger partial charge < -0.3 is 20.0 Å². The van der Waals surface area contributed by atoms with Crippen LogP contribution in [0.25, 0.3) is 6.08 Å². The minimum atomic E-state index is -0.647. The summed E-state index contributed by atoms with van der Waals surface area (Å²) in [5.74, 6) is -0.365. The molecule has 1 atom stereocenters. The topological polar surface area (TPSA) is 91.7 Å². The SMILES string of the molecule is CC(NC(=O)/C=C/c1ccccc1)C(=O)NC1CCN(C(=O)c2ccco2)CC1. The predicted octanol–water partition coefficient (Wildman–Crippen LogP) is 2.22. The van der Waals surface area contributed by atoms with Crippen LogP contribution < -0.4 is 10.6 Å². The van der Waals surface area contributed by atoms with Crippen LogP contribution in [0.3, 0.4) is 0 Å². The van der Waals surface area contributed by atoms with Crippen LogP contribution in [0.15, 0.2) is 59.2 Å². The molecule has 0 spiro atoms. The van der Waals surface area contributed by atoms with Crippen molar-refractivity contribution in [1.29, 1.82) is 0 Å². The number of amides is 3. The molecule has 3 amide bonds. The Balaban J connectivity index is 1.41. The summed E-state index contributed by atoms with van der Waals surface area (Å²) in [5.41, 5.74) is 0.913. The zero-order valence-electron chi connectivity index (χ0n) is 16.3. The Morgan fingerprint density at radius 2 is 1.83 bits per heavy atom. The van der Waals surface area contributed by atoms with Crippen molar-refractivity contribution in [2.45, 2.75) is 31.8 Å². The first-order chi connectivity index (χ1) is 14.0. The molecule has 1 aliphatic heterocycles. The Kier molecular flexibility index (Phi) is 6.84. The van der Waals surface area contributed by atoms with E-state index in [1.165, 1.54) is 12.3 Å². The fraction of sp³-hybridized carbons (Fsp3) is 0.318. The minimum Gasteiger partial charge on any atom is -0.459 e. The maximum absolute atomic E-state index is 12.4. The van der Waals surface area contributed by atoms with E-state index < -0.39 is 6.04 Å². The summed E-state index contributed by atoms with van der Waals surface area (Å²) < 4.78 is 5.15. The lowest BCUT2D eigenvalue weighted by Gasteiger charge is -2.32. The van der Waals surface area contributed by atoms with E-state index in [4.69, 9.17) is 4.42 Å². The molecule has 1 aromatic carbocycles. The summed E-state index contributed by atoms with van der Waals surface area (Å²) in [7, 11) is 0. The largest absolute Gasteiger partial charge is 0.459 e. The van der Waals surface area contributed by atoms with Gasteiger partial charge in [0, 0.05) is 25.2 Å². The van der Waals surface area contributed by atoms with Gasteiger partial charge in [0.15, 0.2) is 5.76 Å². The molecule has 0 saturated carbocycles. The quantitative estimate of drug-likeness (QED) is 0.734. The molecule has 7 nitrogen and oxygen atoms in total. The van der Waals surface area contributed by atoms with E-state index in [1.807, 2.05) is 30.3 Å². The predicted molar refractivity (Wildman–Crippen MR) is 109 cm³/mol. The van der Waals surface area contributed by atoms with Gasteiger partial charge in [-0.15, -0.1) is 0 Å². The molecule has 2 aromatic rings. The van der Waals surface area contributed by atoms with Crippen LogP contribution in [0.1, 0.15) is 35.9 Å². The van der Waals surface area contributed by atoms with Crippen LogP contribution in [0, 0.1) is 0 Å². The summed E-state index contributed by atoms with van der Waals surface area (Å²) in [6, 6.07) is 12.1. The lowest BCUT2D eigenvalue weighted by Crippen LogP contribution is -2.51. The second-order valence-electron chi connectivity index (χ2n) is 7.03. The standard InChI is InChI=1S/C22H25N3O4/c1-16(23-20(26)10-9-17-6-3-2-4-7-17)21(27)24-18-11-13-25(14-12-18)22(28)19-8-5-15-29-19/h2-10,15-16,18H,11-14H2,1H3,(H,23,26)(H,24,27)/b10-9+. The zero-order valence-corrected chi connectivity index (χ0v) is 16.3. The molecule has 1 fully saturated rings. The number of nitrogens with one attached hydrogen (secondary N) is 2. The number of piperidine rings is 1. The number of nitrogens with zero attached hydrogens (tertiary/aromatic N) is 1. The van der Waals surface area contributed by atoms with Crippen molar-refractivity contribution in [3.63, 3.8) is 0 Å². The first kappa shape index (κ1) is 20.4. The number of rotatable bonds is 6. The highest BCUT2D eigenvalue weighted by Gasteiger charge is 2.27. The monoisotopic (exact) mass is 395 g/mol. The van der Waals surface area contributed by atoms with Gasteiger partial charge in [-0.3, -0.25) is 14.4 Å². The van der Waals surface area contributed by atoms with Gasteiger partial charge >= 0.3 is 0 Å². The number of benzene rings is 1. The highest BCUT2D eigenvalue weighted by atomic mass is 16.3. The van der Waals surface area contributed by atoms with Crippen molar-refractivity contribution < 1.29 is 18.8 Å². The van der Waals surface area contributed by atoms with Crippen LogP contribution in [0.2, 0.25) is 0 Å². The van der Waals surface area contributed by atoms with E-state index >= 15 is 0 Å². The second-order valence-corrected chi connectivity index (χ2v) is 7.03. The number of hydrogen-bond acceptors (Lipinski definition) is 4. The number of furan rings is 1. The van der Waals surface area contributed by atoms with Crippen molar-refractivity contribution in [3.05, 3.63) is 66.1 Å². The Morgan fingerprint density at radius 1 is 1.10 bits per heavy atom. The molecule has 2 N–H and O–H groups in total. The Bertz CT molecular complexity index is 853. The Hall–Kier alpha value is -3.35. The van der Waals surface area contributed by atoms with Gasteiger partial charge in [-0.2, -0.15) is 0 Å². The van der Waals surface area contributed by atoms with Gasteiger partial charge in [-0.05, 0) is 43.5 Å². The zero-order chi connectivity index (χ0) is 20.6. The van der Waals surface area contributed by atoms with Crippen LogP contribution >= 0.6 is 0 Å². The molecule has 0 aliphatic carbocycles. The average molecular weight is 395 g/mol. The average Bonchev–Trinajstić information content (AvgIpc) is 3.28. The lowest BCUT2D eigenvalue weighted by molar-refractivity contribution is -0.127. The maximum Gasteiger partial charge on any atom is 0.289 e. The molecule has 1 aliphatic rings. The van der Waals surface area contributed by atoms with Crippen molar-refractivity contribution in [2.24, 2.45) is 0 Å². The number of hydrogen-bond donors (Lipinski definition) is 2. The molecule has 1 saturated heterocycles. The molecule has 0 bridgehead atoms. The lowest BCUT2D eigenvalue weighted by atomic mass is 10.0. The van der Waals surface area contributed by atoms with Gasteiger partial charge in [0.1, 0.15) is 6.04 Å². The van der Waals surface area contributed by atoms with E-state index in [0.717, 1.165) is 5.56 Å². The van der Waals surface area contributed by atoms with Crippen molar-refractivity contribution in [1.82, 2.24) is 15.5 Å². The molecule has 29 heavy (non-hydrogen) atoms. The van der Waals surface area contributed by atoms with Gasteiger partial charge in [0.2, 0.25) is 11.8 Å². The fourth-order valence-corrected chi connectivity index (χ4v) is 3.17. The Labute approximate surface area is 169 Å². The molecule has 1 unspecified atom stereocenters. The first-order valence-corrected chi connectivity index (χ1v) is 9.69. The second kappa shape index (κ2) is 9.73. The van der Waals surface area contributed by atoms with Crippen LogP contribution in [0.4, 0.5) is 0 Å². The molecule has 7 heteroatoms. The normalized spacial score (nSPS) is 15.8. The first-order valence-electron chi connectivity index (χ1n) is 9.69. The van der Waals surface area contributed by atoms with Crippen molar-refractivity contribution in [2.75, 3.05) is 13.1 Å².